The summed E-state index contributed by atoms with van der Waals surface area (Å²) in [5.41, 5.74) is 4.84. The van der Waals surface area contributed by atoms with E-state index in [4.69, 9.17) is 18.9 Å². The highest BCUT2D eigenvalue weighted by atomic mass is 16.5. The van der Waals surface area contributed by atoms with Gasteiger partial charge in [-0.05, 0) is 142 Å². The third-order valence-corrected chi connectivity index (χ3v) is 10.5. The van der Waals surface area contributed by atoms with Gasteiger partial charge in [0.05, 0.1) is 14.2 Å². The summed E-state index contributed by atoms with van der Waals surface area (Å²) in [6, 6.07) is 42.9. The van der Waals surface area contributed by atoms with E-state index in [0.29, 0.717) is 56.6 Å². The molecule has 2 N–H and O–H groups in total. The molecule has 0 saturated heterocycles. The lowest BCUT2D eigenvalue weighted by molar-refractivity contribution is -0.129. The van der Waals surface area contributed by atoms with Crippen molar-refractivity contribution in [3.63, 3.8) is 0 Å². The van der Waals surface area contributed by atoms with Gasteiger partial charge < -0.3 is 29.6 Å². The van der Waals surface area contributed by atoms with E-state index in [1.54, 1.807) is 136 Å². The van der Waals surface area contributed by atoms with Gasteiger partial charge in [-0.3, -0.25) is 9.59 Å². The molecule has 64 heavy (non-hydrogen) atoms. The standard InChI is InChI=1S/C54H42N2O8/c1-61-43-27-17-39(18-28-43)53(59)55-41-23-11-35(12-24-41)15-33-49(57)63-47-31-21-37-7-3-5-9-45(37)51(47)52-46-10-6-4-8-38(46)22-32-48(52)64-50(58)34-16-36-13-25-42(26-14-36)56-54(60)40-19-29-44(62-2)30-20-40/h3,5,7-34H,4,6H2,1-2H3,(H,55,59)(H,56,60)/b33-15+,34-16+. The van der Waals surface area contributed by atoms with E-state index in [9.17, 15) is 19.2 Å². The number of carbonyl (C=O) groups excluding carboxylic acids is 4. The largest absolute Gasteiger partial charge is 0.497 e. The number of hydrogen-bond donors (Lipinski definition) is 2. The Morgan fingerprint density at radius 1 is 0.500 bits per heavy atom. The zero-order valence-electron chi connectivity index (χ0n) is 35.0. The zero-order valence-corrected chi connectivity index (χ0v) is 35.0. The van der Waals surface area contributed by atoms with E-state index in [1.807, 2.05) is 36.4 Å². The van der Waals surface area contributed by atoms with Gasteiger partial charge in [-0.1, -0.05) is 72.8 Å². The van der Waals surface area contributed by atoms with Crippen molar-refractivity contribution in [1.29, 1.82) is 0 Å². The van der Waals surface area contributed by atoms with Crippen LogP contribution in [0, 0.1) is 0 Å². The Hall–Kier alpha value is -8.50. The summed E-state index contributed by atoms with van der Waals surface area (Å²) in [4.78, 5) is 52.6. The highest BCUT2D eigenvalue weighted by Gasteiger charge is 2.21. The van der Waals surface area contributed by atoms with Crippen LogP contribution >= 0.6 is 0 Å². The first-order valence-corrected chi connectivity index (χ1v) is 20.5. The molecule has 2 amide bonds. The summed E-state index contributed by atoms with van der Waals surface area (Å²) in [5.74, 6) is 0.180. The molecular formula is C54H42N2O8. The number of amides is 2. The summed E-state index contributed by atoms with van der Waals surface area (Å²) in [5, 5.41) is 9.31. The average Bonchev–Trinajstić information content (AvgIpc) is 3.33. The van der Waals surface area contributed by atoms with Crippen LogP contribution in [0.4, 0.5) is 11.4 Å². The normalized spacial score (nSPS) is 11.8. The second kappa shape index (κ2) is 19.5. The molecule has 0 radical (unpaired) electrons. The molecule has 1 aliphatic rings. The first-order valence-electron chi connectivity index (χ1n) is 20.5. The third-order valence-electron chi connectivity index (χ3n) is 10.5. The highest BCUT2D eigenvalue weighted by Crippen LogP contribution is 2.40. The summed E-state index contributed by atoms with van der Waals surface area (Å²) in [6.07, 6.45) is 11.9. The molecule has 7 aromatic carbocycles. The van der Waals surface area contributed by atoms with Crippen molar-refractivity contribution in [2.75, 3.05) is 24.9 Å². The van der Waals surface area contributed by atoms with Crippen molar-refractivity contribution < 1.29 is 38.1 Å². The molecule has 0 fully saturated rings. The lowest BCUT2D eigenvalue weighted by atomic mass is 9.92. The van der Waals surface area contributed by atoms with Gasteiger partial charge >= 0.3 is 11.9 Å². The number of nitrogens with one attached hydrogen (secondary N) is 2. The van der Waals surface area contributed by atoms with Gasteiger partial charge in [0.1, 0.15) is 23.0 Å². The van der Waals surface area contributed by atoms with Crippen molar-refractivity contribution in [1.82, 2.24) is 0 Å². The first-order chi connectivity index (χ1) is 31.2. The van der Waals surface area contributed by atoms with E-state index in [1.165, 1.54) is 12.2 Å². The van der Waals surface area contributed by atoms with Crippen molar-refractivity contribution in [2.45, 2.75) is 12.8 Å². The van der Waals surface area contributed by atoms with Crippen LogP contribution in [-0.2, 0) is 9.59 Å². The fourth-order valence-corrected chi connectivity index (χ4v) is 7.28. The smallest absolute Gasteiger partial charge is 0.336 e. The Morgan fingerprint density at radius 2 is 0.984 bits per heavy atom. The molecule has 0 saturated carbocycles. The van der Waals surface area contributed by atoms with Gasteiger partial charge in [-0.15, -0.1) is 0 Å². The molecule has 0 heterocycles. The van der Waals surface area contributed by atoms with E-state index in [-0.39, 0.29) is 11.8 Å². The van der Waals surface area contributed by atoms with Crippen LogP contribution in [0.25, 0.3) is 46.2 Å². The van der Waals surface area contributed by atoms with Gasteiger partial charge in [0.25, 0.3) is 11.8 Å². The van der Waals surface area contributed by atoms with Crippen LogP contribution in [0.2, 0.25) is 0 Å². The fraction of sp³-hybridized carbons (Fsp3) is 0.0741. The highest BCUT2D eigenvalue weighted by molar-refractivity contribution is 6.06. The number of methoxy groups -OCH3 is 2. The van der Waals surface area contributed by atoms with Gasteiger partial charge in [0.15, 0.2) is 0 Å². The van der Waals surface area contributed by atoms with E-state index in [2.05, 4.69) is 22.8 Å². The monoisotopic (exact) mass is 846 g/mol. The van der Waals surface area contributed by atoms with Crippen molar-refractivity contribution >= 4 is 70.2 Å². The van der Waals surface area contributed by atoms with Crippen LogP contribution in [0.15, 0.2) is 158 Å². The molecule has 8 rings (SSSR count). The lowest BCUT2D eigenvalue weighted by Gasteiger charge is -2.18. The molecule has 10 heteroatoms. The molecule has 7 aromatic rings. The quantitative estimate of drug-likeness (QED) is 0.0667. The van der Waals surface area contributed by atoms with Crippen LogP contribution in [0.5, 0.6) is 23.0 Å². The number of anilines is 2. The predicted octanol–water partition coefficient (Wildman–Crippen LogP) is 9.62. The van der Waals surface area contributed by atoms with E-state index >= 15 is 0 Å². The number of esters is 2. The lowest BCUT2D eigenvalue weighted by Crippen LogP contribution is -2.29. The minimum atomic E-state index is -0.610. The maximum Gasteiger partial charge on any atom is 0.336 e. The average molecular weight is 847 g/mol. The van der Waals surface area contributed by atoms with Crippen LogP contribution < -0.4 is 40.0 Å². The maximum atomic E-state index is 13.5. The molecule has 0 atom stereocenters. The van der Waals surface area contributed by atoms with Gasteiger partial charge in [0.2, 0.25) is 0 Å². The van der Waals surface area contributed by atoms with E-state index < -0.39 is 11.9 Å². The number of carbonyl (C=O) groups is 4. The topological polar surface area (TPSA) is 129 Å². The Morgan fingerprint density at radius 3 is 1.52 bits per heavy atom. The number of hydrogen-bond acceptors (Lipinski definition) is 8. The summed E-state index contributed by atoms with van der Waals surface area (Å²) in [7, 11) is 3.13. The number of fused-ring (bicyclic) bond motifs is 2. The molecule has 316 valence electrons. The fourth-order valence-electron chi connectivity index (χ4n) is 7.28. The molecule has 0 aliphatic heterocycles. The number of rotatable bonds is 13. The minimum Gasteiger partial charge on any atom is -0.497 e. The molecule has 0 aromatic heterocycles. The second-order valence-electron chi connectivity index (χ2n) is 14.7. The minimum absolute atomic E-state index is 0.261. The van der Waals surface area contributed by atoms with Gasteiger partial charge in [-0.25, -0.2) is 9.59 Å². The maximum absolute atomic E-state index is 13.5. The molecule has 0 bridgehead atoms. The van der Waals surface area contributed by atoms with Gasteiger partial charge in [-0.2, -0.15) is 0 Å². The predicted molar refractivity (Wildman–Crippen MR) is 251 cm³/mol. The Bertz CT molecular complexity index is 3060. The van der Waals surface area contributed by atoms with Crippen LogP contribution in [-0.4, -0.2) is 38.0 Å². The molecule has 1 aliphatic carbocycles. The Balaban J connectivity index is 1.01. The van der Waals surface area contributed by atoms with Gasteiger partial charge in [0, 0.05) is 45.8 Å². The molecule has 0 unspecified atom stereocenters. The molecule has 10 nitrogen and oxygen atoms in total. The van der Waals surface area contributed by atoms with Crippen molar-refractivity contribution in [2.24, 2.45) is 0 Å². The second-order valence-corrected chi connectivity index (χ2v) is 14.7. The Kier molecular flexibility index (Phi) is 12.8. The number of benzene rings is 7. The SMILES string of the molecule is COc1ccc(C(=O)Nc2ccc(/C=C/C(=O)Oc3ccc4c(c3-c3c(OC(=O)/C=C/c5ccc(NC(=O)c6ccc(OC)cc6)cc5)ccc5ccccc35)=CCCC=4)cc2)cc1. The van der Waals surface area contributed by atoms with Crippen molar-refractivity contribution in [3.8, 4) is 34.1 Å². The first kappa shape index (κ1) is 42.2. The molecular weight excluding hydrogens is 805 g/mol. The third kappa shape index (κ3) is 9.99. The summed E-state index contributed by atoms with van der Waals surface area (Å²) >= 11 is 0. The van der Waals surface area contributed by atoms with Crippen LogP contribution in [0.3, 0.4) is 0 Å². The summed E-state index contributed by atoms with van der Waals surface area (Å²) < 4.78 is 22.5. The van der Waals surface area contributed by atoms with Crippen molar-refractivity contribution in [3.05, 3.63) is 190 Å². The Labute approximate surface area is 369 Å². The van der Waals surface area contributed by atoms with E-state index in [0.717, 1.165) is 45.2 Å². The van der Waals surface area contributed by atoms with Crippen LogP contribution in [0.1, 0.15) is 44.7 Å². The molecule has 0 spiro atoms. The zero-order chi connectivity index (χ0) is 44.4. The summed E-state index contributed by atoms with van der Waals surface area (Å²) in [6.45, 7) is 0. The number of ether oxygens (including phenoxy) is 4.